The molecule has 4 aromatic carbocycles. The largest absolute Gasteiger partial charge is 0.507 e. The second-order valence-electron chi connectivity index (χ2n) is 8.81. The fourth-order valence-electron chi connectivity index (χ4n) is 5.16. The Balaban J connectivity index is 1.76. The van der Waals surface area contributed by atoms with Gasteiger partial charge in [0.2, 0.25) is 0 Å². The molecule has 6 nitrogen and oxygen atoms in total. The molecule has 4 aromatic rings. The number of aryl methyl sites for hydroxylation is 1. The molecule has 35 heavy (non-hydrogen) atoms. The van der Waals surface area contributed by atoms with E-state index in [2.05, 4.69) is 0 Å². The van der Waals surface area contributed by atoms with Gasteiger partial charge in [0.25, 0.3) is 0 Å². The van der Waals surface area contributed by atoms with Crippen molar-refractivity contribution in [3.8, 4) is 23.0 Å². The van der Waals surface area contributed by atoms with Crippen LogP contribution in [0, 0.1) is 0 Å². The summed E-state index contributed by atoms with van der Waals surface area (Å²) >= 11 is 6.62. The Morgan fingerprint density at radius 3 is 2.49 bits per heavy atom. The Hall–Kier alpha value is -4.03. The number of ether oxygens (including phenoxy) is 2. The summed E-state index contributed by atoms with van der Waals surface area (Å²) < 4.78 is 12.4. The van der Waals surface area contributed by atoms with Gasteiger partial charge in [0, 0.05) is 29.0 Å². The molecule has 0 saturated heterocycles. The Labute approximate surface area is 205 Å². The van der Waals surface area contributed by atoms with Crippen molar-refractivity contribution >= 4 is 34.1 Å². The van der Waals surface area contributed by atoms with Crippen LogP contribution in [-0.4, -0.2) is 22.0 Å². The van der Waals surface area contributed by atoms with Crippen molar-refractivity contribution in [3.05, 3.63) is 93.5 Å². The predicted molar refractivity (Wildman–Crippen MR) is 130 cm³/mol. The number of hydrogen-bond acceptors (Lipinski definition) is 6. The molecule has 2 aliphatic rings. The summed E-state index contributed by atoms with van der Waals surface area (Å²) in [5.41, 5.74) is 1.01. The predicted octanol–water partition coefficient (Wildman–Crippen LogP) is 5.99. The lowest BCUT2D eigenvalue weighted by molar-refractivity contribution is -0.116. The Kier molecular flexibility index (Phi) is 4.60. The molecular weight excluding hydrogens is 468 g/mol. The fourth-order valence-corrected chi connectivity index (χ4v) is 5.42. The third kappa shape index (κ3) is 2.90. The van der Waals surface area contributed by atoms with Crippen LogP contribution in [0.1, 0.15) is 46.0 Å². The van der Waals surface area contributed by atoms with Gasteiger partial charge in [-0.3, -0.25) is 0 Å². The first-order valence-electron chi connectivity index (χ1n) is 11.1. The number of phenols is 2. The number of hydrogen-bond donors (Lipinski definition) is 2. The van der Waals surface area contributed by atoms with Crippen molar-refractivity contribution in [2.45, 2.75) is 25.4 Å². The number of fused-ring (bicyclic) bond motifs is 8. The molecule has 1 unspecified atom stereocenters. The van der Waals surface area contributed by atoms with Crippen molar-refractivity contribution < 1.29 is 29.3 Å². The summed E-state index contributed by atoms with van der Waals surface area (Å²) in [6, 6.07) is 17.5. The molecule has 0 bridgehead atoms. The molecule has 2 N–H and O–H groups in total. The van der Waals surface area contributed by atoms with Crippen LogP contribution >= 0.6 is 11.6 Å². The van der Waals surface area contributed by atoms with E-state index in [4.69, 9.17) is 21.1 Å². The van der Waals surface area contributed by atoms with E-state index in [0.29, 0.717) is 38.6 Å². The number of carbonyl (C=O) groups excluding carboxylic acids is 2. The van der Waals surface area contributed by atoms with Crippen LogP contribution in [0.5, 0.6) is 23.0 Å². The van der Waals surface area contributed by atoms with Crippen LogP contribution in [-0.2, 0) is 21.6 Å². The number of phenolic OH excluding ortho intramolecular Hbond substituents is 2. The number of carbonyl (C=O) groups is 2. The standard InChI is InChI=1S/C28H19ClO6/c1-14(30)10-11-15-12-20-26(24(29)25(15)32)34-22-13-21(31)16-6-2-3-7-17(16)23(22)28(20)19-9-5-4-8-18(19)27(33)35-28/h2-9,12-13,31-32H,10-11H2,1H3. The maximum absolute atomic E-state index is 13.2. The quantitative estimate of drug-likeness (QED) is 0.345. The van der Waals surface area contributed by atoms with Crippen LogP contribution in [0.2, 0.25) is 5.02 Å². The van der Waals surface area contributed by atoms with Gasteiger partial charge in [-0.2, -0.15) is 0 Å². The van der Waals surface area contributed by atoms with E-state index in [9.17, 15) is 19.8 Å². The average molecular weight is 487 g/mol. The molecule has 0 aromatic heterocycles. The minimum Gasteiger partial charge on any atom is -0.507 e. The minimum absolute atomic E-state index is 0.00557. The van der Waals surface area contributed by atoms with E-state index >= 15 is 0 Å². The number of aromatic hydroxyl groups is 2. The second kappa shape index (κ2) is 7.48. The number of benzene rings is 4. The highest BCUT2D eigenvalue weighted by Crippen LogP contribution is 2.61. The zero-order valence-electron chi connectivity index (χ0n) is 18.6. The molecule has 0 radical (unpaired) electrons. The Bertz CT molecular complexity index is 1590. The van der Waals surface area contributed by atoms with Crippen LogP contribution in [0.25, 0.3) is 10.8 Å². The van der Waals surface area contributed by atoms with Gasteiger partial charge < -0.3 is 24.5 Å². The van der Waals surface area contributed by atoms with Gasteiger partial charge in [-0.25, -0.2) is 4.79 Å². The van der Waals surface area contributed by atoms with Gasteiger partial charge in [0.15, 0.2) is 11.4 Å². The molecule has 0 fully saturated rings. The van der Waals surface area contributed by atoms with Crippen LogP contribution in [0.15, 0.2) is 60.7 Å². The van der Waals surface area contributed by atoms with E-state index in [1.54, 1.807) is 24.3 Å². The highest BCUT2D eigenvalue weighted by atomic mass is 35.5. The molecule has 6 rings (SSSR count). The maximum Gasteiger partial charge on any atom is 0.340 e. The van der Waals surface area contributed by atoms with Crippen LogP contribution in [0.3, 0.4) is 0 Å². The maximum atomic E-state index is 13.2. The molecule has 2 aliphatic heterocycles. The fraction of sp³-hybridized carbons (Fsp3) is 0.143. The average Bonchev–Trinajstić information content (AvgIpc) is 3.14. The zero-order chi connectivity index (χ0) is 24.5. The van der Waals surface area contributed by atoms with Crippen LogP contribution < -0.4 is 4.74 Å². The third-order valence-corrected chi connectivity index (χ3v) is 7.07. The van der Waals surface area contributed by atoms with E-state index < -0.39 is 11.6 Å². The van der Waals surface area contributed by atoms with E-state index in [1.165, 1.54) is 13.0 Å². The van der Waals surface area contributed by atoms with Gasteiger partial charge in [-0.05, 0) is 36.4 Å². The van der Waals surface area contributed by atoms with E-state index in [-0.39, 0.29) is 46.6 Å². The SMILES string of the molecule is CC(=O)CCc1cc2c(c(Cl)c1O)Oc1cc(O)c3ccccc3c1C21OC(=O)c2ccccc21. The molecule has 174 valence electrons. The molecule has 0 saturated carbocycles. The van der Waals surface area contributed by atoms with Gasteiger partial charge in [-0.15, -0.1) is 0 Å². The van der Waals surface area contributed by atoms with Crippen molar-refractivity contribution in [1.82, 2.24) is 0 Å². The van der Waals surface area contributed by atoms with Gasteiger partial charge in [-0.1, -0.05) is 54.1 Å². The zero-order valence-corrected chi connectivity index (χ0v) is 19.3. The highest BCUT2D eigenvalue weighted by Gasteiger charge is 2.55. The third-order valence-electron chi connectivity index (χ3n) is 6.72. The Morgan fingerprint density at radius 1 is 1.00 bits per heavy atom. The lowest BCUT2D eigenvalue weighted by Crippen LogP contribution is -2.33. The molecule has 1 atom stereocenters. The summed E-state index contributed by atoms with van der Waals surface area (Å²) in [6.07, 6.45) is 0.462. The summed E-state index contributed by atoms with van der Waals surface area (Å²) in [6.45, 7) is 1.48. The summed E-state index contributed by atoms with van der Waals surface area (Å²) in [5, 5.41) is 22.7. The van der Waals surface area contributed by atoms with Crippen molar-refractivity contribution in [2.24, 2.45) is 0 Å². The lowest BCUT2D eigenvalue weighted by atomic mass is 9.75. The molecule has 0 aliphatic carbocycles. The molecule has 2 heterocycles. The molecule has 0 amide bonds. The van der Waals surface area contributed by atoms with Gasteiger partial charge in [0.05, 0.1) is 11.1 Å². The second-order valence-corrected chi connectivity index (χ2v) is 9.19. The Morgan fingerprint density at radius 2 is 1.71 bits per heavy atom. The highest BCUT2D eigenvalue weighted by molar-refractivity contribution is 6.34. The number of rotatable bonds is 3. The van der Waals surface area contributed by atoms with E-state index in [1.807, 2.05) is 30.3 Å². The summed E-state index contributed by atoms with van der Waals surface area (Å²) in [4.78, 5) is 24.8. The number of Topliss-reactive ketones (excluding diaryl/α,β-unsaturated/α-hetero) is 1. The first-order chi connectivity index (χ1) is 16.8. The van der Waals surface area contributed by atoms with Gasteiger partial charge >= 0.3 is 5.97 Å². The summed E-state index contributed by atoms with van der Waals surface area (Å²) in [5.74, 6) is -0.361. The molecular formula is C28H19ClO6. The first kappa shape index (κ1) is 21.5. The smallest absolute Gasteiger partial charge is 0.340 e. The van der Waals surface area contributed by atoms with E-state index in [0.717, 1.165) is 0 Å². The minimum atomic E-state index is -1.44. The normalized spacial score (nSPS) is 17.5. The molecule has 1 spiro atoms. The monoisotopic (exact) mass is 486 g/mol. The number of esters is 1. The number of ketones is 1. The molecule has 7 heteroatoms. The van der Waals surface area contributed by atoms with Gasteiger partial charge in [0.1, 0.15) is 28.1 Å². The van der Waals surface area contributed by atoms with Crippen molar-refractivity contribution in [1.29, 1.82) is 0 Å². The van der Waals surface area contributed by atoms with Crippen molar-refractivity contribution in [3.63, 3.8) is 0 Å². The lowest BCUT2D eigenvalue weighted by Gasteiger charge is -2.38. The summed E-state index contributed by atoms with van der Waals surface area (Å²) in [7, 11) is 0. The first-order valence-corrected chi connectivity index (χ1v) is 11.5. The topological polar surface area (TPSA) is 93.1 Å². The number of halogens is 1. The van der Waals surface area contributed by atoms with Crippen molar-refractivity contribution in [2.75, 3.05) is 0 Å². The van der Waals surface area contributed by atoms with Crippen LogP contribution in [0.4, 0.5) is 0 Å².